The maximum Gasteiger partial charge on any atom is 0.223 e. The van der Waals surface area contributed by atoms with Crippen molar-refractivity contribution in [3.63, 3.8) is 0 Å². The molecule has 4 nitrogen and oxygen atoms in total. The molecule has 13 heavy (non-hydrogen) atoms. The molecule has 1 amide bonds. The third kappa shape index (κ3) is 1.90. The lowest BCUT2D eigenvalue weighted by atomic mass is 10.2. The number of amides is 1. The fourth-order valence-corrected chi connectivity index (χ4v) is 0.932. The van der Waals surface area contributed by atoms with Crippen molar-refractivity contribution in [2.45, 2.75) is 6.92 Å². The fourth-order valence-electron chi connectivity index (χ4n) is 0.932. The number of hydrogen-bond donors (Lipinski definition) is 2. The van der Waals surface area contributed by atoms with Crippen molar-refractivity contribution in [3.8, 4) is 5.75 Å². The van der Waals surface area contributed by atoms with E-state index in [1.807, 2.05) is 0 Å². The SMILES string of the molecule is CC(=O)N(C)c1ccc(O)c(N)c1. The van der Waals surface area contributed by atoms with Gasteiger partial charge in [-0.25, -0.2) is 0 Å². The van der Waals surface area contributed by atoms with E-state index in [2.05, 4.69) is 0 Å². The molecule has 0 atom stereocenters. The van der Waals surface area contributed by atoms with Crippen LogP contribution >= 0.6 is 0 Å². The average Bonchev–Trinajstić information content (AvgIpc) is 2.08. The van der Waals surface area contributed by atoms with E-state index in [0.717, 1.165) is 0 Å². The number of phenols is 1. The summed E-state index contributed by atoms with van der Waals surface area (Å²) in [5.41, 5.74) is 6.41. The highest BCUT2D eigenvalue weighted by atomic mass is 16.3. The minimum absolute atomic E-state index is 0.0284. The summed E-state index contributed by atoms with van der Waals surface area (Å²) < 4.78 is 0. The molecule has 0 fully saturated rings. The van der Waals surface area contributed by atoms with E-state index in [0.29, 0.717) is 5.69 Å². The first-order valence-electron chi connectivity index (χ1n) is 3.85. The molecule has 3 N–H and O–H groups in total. The van der Waals surface area contributed by atoms with Gasteiger partial charge in [-0.05, 0) is 18.2 Å². The number of anilines is 2. The fraction of sp³-hybridized carbons (Fsp3) is 0.222. The minimum atomic E-state index is -0.0786. The van der Waals surface area contributed by atoms with Gasteiger partial charge in [0.2, 0.25) is 5.91 Å². The average molecular weight is 180 g/mol. The molecule has 0 heterocycles. The molecule has 0 aromatic heterocycles. The number of hydrogen-bond acceptors (Lipinski definition) is 3. The van der Waals surface area contributed by atoms with Crippen LogP contribution in [0.4, 0.5) is 11.4 Å². The predicted molar refractivity (Wildman–Crippen MR) is 51.6 cm³/mol. The maximum absolute atomic E-state index is 11.0. The smallest absolute Gasteiger partial charge is 0.223 e. The zero-order chi connectivity index (χ0) is 10.0. The van der Waals surface area contributed by atoms with E-state index < -0.39 is 0 Å². The highest BCUT2D eigenvalue weighted by molar-refractivity contribution is 5.91. The van der Waals surface area contributed by atoms with Gasteiger partial charge in [-0.1, -0.05) is 0 Å². The van der Waals surface area contributed by atoms with Crippen molar-refractivity contribution >= 4 is 17.3 Å². The topological polar surface area (TPSA) is 66.6 Å². The van der Waals surface area contributed by atoms with E-state index in [1.165, 1.54) is 17.9 Å². The van der Waals surface area contributed by atoms with Crippen LogP contribution < -0.4 is 10.6 Å². The third-order valence-electron chi connectivity index (χ3n) is 1.87. The van der Waals surface area contributed by atoms with Crippen LogP contribution in [0.3, 0.4) is 0 Å². The van der Waals surface area contributed by atoms with Crippen LogP contribution in [0.25, 0.3) is 0 Å². The predicted octanol–water partition coefficient (Wildman–Crippen LogP) is 0.957. The molecule has 70 valence electrons. The normalized spacial score (nSPS) is 9.69. The lowest BCUT2D eigenvalue weighted by molar-refractivity contribution is -0.116. The van der Waals surface area contributed by atoms with Crippen LogP contribution in [0, 0.1) is 0 Å². The van der Waals surface area contributed by atoms with Crippen LogP contribution in [0.1, 0.15) is 6.92 Å². The summed E-state index contributed by atoms with van der Waals surface area (Å²) in [6.45, 7) is 1.46. The van der Waals surface area contributed by atoms with Crippen LogP contribution in [-0.4, -0.2) is 18.1 Å². The summed E-state index contributed by atoms with van der Waals surface area (Å²) in [5, 5.41) is 9.14. The molecule has 0 spiro atoms. The second-order valence-electron chi connectivity index (χ2n) is 2.82. The van der Waals surface area contributed by atoms with Gasteiger partial charge in [-0.2, -0.15) is 0 Å². The van der Waals surface area contributed by atoms with Gasteiger partial charge in [-0.15, -0.1) is 0 Å². The first kappa shape index (κ1) is 9.38. The van der Waals surface area contributed by atoms with Gasteiger partial charge in [0.05, 0.1) is 5.69 Å². The second kappa shape index (κ2) is 3.35. The molecule has 0 unspecified atom stereocenters. The first-order valence-corrected chi connectivity index (χ1v) is 3.85. The quantitative estimate of drug-likeness (QED) is 0.499. The molecule has 0 aliphatic rings. The molecule has 0 aliphatic carbocycles. The van der Waals surface area contributed by atoms with Gasteiger partial charge in [0.1, 0.15) is 5.75 Å². The summed E-state index contributed by atoms with van der Waals surface area (Å²) in [5.74, 6) is -0.0502. The van der Waals surface area contributed by atoms with Gasteiger partial charge in [0, 0.05) is 19.7 Å². The highest BCUT2D eigenvalue weighted by Crippen LogP contribution is 2.25. The molecule has 1 aromatic carbocycles. The van der Waals surface area contributed by atoms with Gasteiger partial charge < -0.3 is 15.7 Å². The molecule has 4 heteroatoms. The zero-order valence-corrected chi connectivity index (χ0v) is 7.61. The van der Waals surface area contributed by atoms with Crippen molar-refractivity contribution in [3.05, 3.63) is 18.2 Å². The summed E-state index contributed by atoms with van der Waals surface area (Å²) in [4.78, 5) is 12.4. The Labute approximate surface area is 76.6 Å². The lowest BCUT2D eigenvalue weighted by Gasteiger charge is -2.15. The van der Waals surface area contributed by atoms with Crippen LogP contribution in [0.2, 0.25) is 0 Å². The van der Waals surface area contributed by atoms with Crippen LogP contribution in [0.5, 0.6) is 5.75 Å². The molecule has 0 saturated carbocycles. The number of carbonyl (C=O) groups is 1. The van der Waals surface area contributed by atoms with Gasteiger partial charge >= 0.3 is 0 Å². The highest BCUT2D eigenvalue weighted by Gasteiger charge is 2.06. The van der Waals surface area contributed by atoms with Gasteiger partial charge in [-0.3, -0.25) is 4.79 Å². The Hall–Kier alpha value is -1.71. The molecule has 1 aromatic rings. The van der Waals surface area contributed by atoms with Crippen molar-refractivity contribution in [1.82, 2.24) is 0 Å². The molecule has 0 radical (unpaired) electrons. The van der Waals surface area contributed by atoms with Crippen molar-refractivity contribution < 1.29 is 9.90 Å². The lowest BCUT2D eigenvalue weighted by Crippen LogP contribution is -2.22. The Morgan fingerprint density at radius 1 is 1.54 bits per heavy atom. The summed E-state index contributed by atoms with van der Waals surface area (Å²) in [7, 11) is 1.65. The monoisotopic (exact) mass is 180 g/mol. The van der Waals surface area contributed by atoms with E-state index in [4.69, 9.17) is 10.8 Å². The van der Waals surface area contributed by atoms with Crippen molar-refractivity contribution in [2.75, 3.05) is 17.7 Å². The van der Waals surface area contributed by atoms with E-state index in [9.17, 15) is 4.79 Å². The molecular weight excluding hydrogens is 168 g/mol. The number of benzene rings is 1. The number of nitrogens with zero attached hydrogens (tertiary/aromatic N) is 1. The Balaban J connectivity index is 3.03. The minimum Gasteiger partial charge on any atom is -0.506 e. The number of nitrogens with two attached hydrogens (primary N) is 1. The van der Waals surface area contributed by atoms with Crippen LogP contribution in [0.15, 0.2) is 18.2 Å². The number of nitrogen functional groups attached to an aromatic ring is 1. The number of phenolic OH excluding ortho intramolecular Hbond substituents is 1. The Bertz CT molecular complexity index is 336. The summed E-state index contributed by atoms with van der Waals surface area (Å²) >= 11 is 0. The first-order chi connectivity index (χ1) is 6.02. The third-order valence-corrected chi connectivity index (χ3v) is 1.87. The Kier molecular flexibility index (Phi) is 2.41. The molecule has 0 saturated heterocycles. The Morgan fingerprint density at radius 2 is 2.15 bits per heavy atom. The second-order valence-corrected chi connectivity index (χ2v) is 2.82. The number of aromatic hydroxyl groups is 1. The zero-order valence-electron chi connectivity index (χ0n) is 7.61. The van der Waals surface area contributed by atoms with E-state index >= 15 is 0 Å². The number of carbonyl (C=O) groups excluding carboxylic acids is 1. The molecule has 0 bridgehead atoms. The van der Waals surface area contributed by atoms with Crippen molar-refractivity contribution in [2.24, 2.45) is 0 Å². The van der Waals surface area contributed by atoms with E-state index in [-0.39, 0.29) is 17.3 Å². The van der Waals surface area contributed by atoms with Gasteiger partial charge in [0.25, 0.3) is 0 Å². The van der Waals surface area contributed by atoms with Gasteiger partial charge in [0.15, 0.2) is 0 Å². The Morgan fingerprint density at radius 3 is 2.62 bits per heavy atom. The summed E-state index contributed by atoms with van der Waals surface area (Å²) in [6, 6.07) is 4.65. The molecular formula is C9H12N2O2. The van der Waals surface area contributed by atoms with Crippen LogP contribution in [-0.2, 0) is 4.79 Å². The van der Waals surface area contributed by atoms with Crippen molar-refractivity contribution in [1.29, 1.82) is 0 Å². The summed E-state index contributed by atoms with van der Waals surface area (Å²) in [6.07, 6.45) is 0. The molecule has 1 rings (SSSR count). The number of rotatable bonds is 1. The standard InChI is InChI=1S/C9H12N2O2/c1-6(12)11(2)7-3-4-9(13)8(10)5-7/h3-5,13H,10H2,1-2H3. The largest absolute Gasteiger partial charge is 0.506 e. The maximum atomic E-state index is 11.0. The van der Waals surface area contributed by atoms with E-state index in [1.54, 1.807) is 19.2 Å². The molecule has 0 aliphatic heterocycles.